The van der Waals surface area contributed by atoms with Gasteiger partial charge in [-0.05, 0) is 30.7 Å². The third kappa shape index (κ3) is 4.18. The number of carbonyl (C=O) groups is 1. The molecule has 0 aromatic heterocycles. The molecule has 0 unspecified atom stereocenters. The van der Waals surface area contributed by atoms with Crippen molar-refractivity contribution in [3.63, 3.8) is 0 Å². The maximum absolute atomic E-state index is 11.6. The predicted molar refractivity (Wildman–Crippen MR) is 68.8 cm³/mol. The maximum Gasteiger partial charge on any atom is 0.162 e. The Hall–Kier alpha value is -1.11. The Balaban J connectivity index is 2.57. The van der Waals surface area contributed by atoms with Crippen LogP contribution in [0.4, 0.5) is 0 Å². The topological polar surface area (TPSA) is 17.1 Å². The summed E-state index contributed by atoms with van der Waals surface area (Å²) >= 11 is 0. The van der Waals surface area contributed by atoms with Gasteiger partial charge in [-0.3, -0.25) is 4.79 Å². The van der Waals surface area contributed by atoms with Gasteiger partial charge >= 0.3 is 0 Å². The zero-order valence-corrected chi connectivity index (χ0v) is 10.6. The van der Waals surface area contributed by atoms with Crippen molar-refractivity contribution in [2.75, 3.05) is 0 Å². The van der Waals surface area contributed by atoms with E-state index in [1.54, 1.807) is 0 Å². The molecule has 0 N–H and O–H groups in total. The first-order chi connectivity index (χ1) is 7.63. The number of Topliss-reactive ketones (excluding diaryl/α,β-unsaturated/α-hetero) is 1. The van der Waals surface area contributed by atoms with E-state index in [4.69, 9.17) is 0 Å². The number of aryl methyl sites for hydroxylation is 1. The summed E-state index contributed by atoms with van der Waals surface area (Å²) in [6, 6.07) is 8.11. The second-order valence-corrected chi connectivity index (χ2v) is 4.80. The zero-order chi connectivity index (χ0) is 12.0. The van der Waals surface area contributed by atoms with Gasteiger partial charge in [-0.25, -0.2) is 0 Å². The SMILES string of the molecule is CCCC(=O)c1ccc(CCC(C)C)cc1. The van der Waals surface area contributed by atoms with Crippen molar-refractivity contribution in [2.45, 2.75) is 46.5 Å². The van der Waals surface area contributed by atoms with E-state index in [1.165, 1.54) is 12.0 Å². The third-order valence-electron chi connectivity index (χ3n) is 2.76. The standard InChI is InChI=1S/C15H22O/c1-4-5-15(16)14-10-8-13(9-11-14)7-6-12(2)3/h8-12H,4-7H2,1-3H3. The van der Waals surface area contributed by atoms with E-state index in [-0.39, 0.29) is 5.78 Å². The van der Waals surface area contributed by atoms with Crippen molar-refractivity contribution in [3.05, 3.63) is 35.4 Å². The van der Waals surface area contributed by atoms with Crippen molar-refractivity contribution in [2.24, 2.45) is 5.92 Å². The molecule has 0 aliphatic carbocycles. The van der Waals surface area contributed by atoms with E-state index >= 15 is 0 Å². The molecule has 1 aromatic carbocycles. The van der Waals surface area contributed by atoms with Crippen molar-refractivity contribution in [1.82, 2.24) is 0 Å². The molecule has 0 amide bonds. The fourth-order valence-electron chi connectivity index (χ4n) is 1.68. The van der Waals surface area contributed by atoms with Crippen molar-refractivity contribution in [3.8, 4) is 0 Å². The molecule has 0 saturated carbocycles. The lowest BCUT2D eigenvalue weighted by molar-refractivity contribution is 0.0982. The van der Waals surface area contributed by atoms with Crippen LogP contribution in [0.5, 0.6) is 0 Å². The summed E-state index contributed by atoms with van der Waals surface area (Å²) in [5.41, 5.74) is 2.19. The largest absolute Gasteiger partial charge is 0.294 e. The number of hydrogen-bond acceptors (Lipinski definition) is 1. The van der Waals surface area contributed by atoms with E-state index < -0.39 is 0 Å². The van der Waals surface area contributed by atoms with Crippen LogP contribution >= 0.6 is 0 Å². The third-order valence-corrected chi connectivity index (χ3v) is 2.76. The first kappa shape index (κ1) is 13.0. The Morgan fingerprint density at radius 3 is 2.31 bits per heavy atom. The number of carbonyl (C=O) groups excluding carboxylic acids is 1. The van der Waals surface area contributed by atoms with Crippen LogP contribution in [0.25, 0.3) is 0 Å². The molecule has 0 saturated heterocycles. The molecular formula is C15H22O. The van der Waals surface area contributed by atoms with Crippen LogP contribution in [-0.4, -0.2) is 5.78 Å². The van der Waals surface area contributed by atoms with E-state index in [9.17, 15) is 4.79 Å². The second-order valence-electron chi connectivity index (χ2n) is 4.80. The van der Waals surface area contributed by atoms with Crippen LogP contribution < -0.4 is 0 Å². The van der Waals surface area contributed by atoms with Gasteiger partial charge in [0.1, 0.15) is 0 Å². The lowest BCUT2D eigenvalue weighted by Gasteiger charge is -2.05. The minimum absolute atomic E-state index is 0.262. The summed E-state index contributed by atoms with van der Waals surface area (Å²) in [6.45, 7) is 6.51. The normalized spacial score (nSPS) is 10.8. The fraction of sp³-hybridized carbons (Fsp3) is 0.533. The van der Waals surface area contributed by atoms with Gasteiger partial charge in [0.05, 0.1) is 0 Å². The molecule has 0 aliphatic rings. The van der Waals surface area contributed by atoms with Crippen LogP contribution in [0.15, 0.2) is 24.3 Å². The summed E-state index contributed by atoms with van der Waals surface area (Å²) < 4.78 is 0. The zero-order valence-electron chi connectivity index (χ0n) is 10.6. The van der Waals surface area contributed by atoms with Crippen LogP contribution in [0, 0.1) is 5.92 Å². The molecule has 0 bridgehead atoms. The summed E-state index contributed by atoms with van der Waals surface area (Å²) in [5.74, 6) is 0.999. The quantitative estimate of drug-likeness (QED) is 0.652. The molecular weight excluding hydrogens is 196 g/mol. The van der Waals surface area contributed by atoms with Gasteiger partial charge in [0.2, 0.25) is 0 Å². The van der Waals surface area contributed by atoms with Gasteiger partial charge in [0, 0.05) is 12.0 Å². The highest BCUT2D eigenvalue weighted by Crippen LogP contribution is 2.12. The fourth-order valence-corrected chi connectivity index (χ4v) is 1.68. The molecule has 0 atom stereocenters. The Morgan fingerprint density at radius 1 is 1.19 bits per heavy atom. The van der Waals surface area contributed by atoms with Gasteiger partial charge in [-0.15, -0.1) is 0 Å². The summed E-state index contributed by atoms with van der Waals surface area (Å²) in [4.78, 5) is 11.6. The Bertz CT molecular complexity index is 322. The molecule has 1 rings (SSSR count). The number of benzene rings is 1. The van der Waals surface area contributed by atoms with E-state index in [1.807, 2.05) is 19.1 Å². The van der Waals surface area contributed by atoms with Crippen molar-refractivity contribution in [1.29, 1.82) is 0 Å². The average molecular weight is 218 g/mol. The molecule has 0 heterocycles. The van der Waals surface area contributed by atoms with Crippen LogP contribution in [-0.2, 0) is 6.42 Å². The Labute approximate surface area is 98.9 Å². The molecule has 88 valence electrons. The highest BCUT2D eigenvalue weighted by atomic mass is 16.1. The van der Waals surface area contributed by atoms with Gasteiger partial charge < -0.3 is 0 Å². The Kier molecular flexibility index (Phi) is 5.24. The summed E-state index contributed by atoms with van der Waals surface area (Å²) in [5, 5.41) is 0. The summed E-state index contributed by atoms with van der Waals surface area (Å²) in [6.07, 6.45) is 3.90. The van der Waals surface area contributed by atoms with Gasteiger partial charge in [0.25, 0.3) is 0 Å². The van der Waals surface area contributed by atoms with Crippen LogP contribution in [0.1, 0.15) is 56.0 Å². The maximum atomic E-state index is 11.6. The smallest absolute Gasteiger partial charge is 0.162 e. The monoisotopic (exact) mass is 218 g/mol. The van der Waals surface area contributed by atoms with E-state index in [2.05, 4.69) is 26.0 Å². The molecule has 1 nitrogen and oxygen atoms in total. The molecule has 0 spiro atoms. The number of rotatable bonds is 6. The highest BCUT2D eigenvalue weighted by molar-refractivity contribution is 5.95. The predicted octanol–water partition coefficient (Wildman–Crippen LogP) is 4.26. The molecule has 0 aliphatic heterocycles. The lowest BCUT2D eigenvalue weighted by atomic mass is 10.00. The summed E-state index contributed by atoms with van der Waals surface area (Å²) in [7, 11) is 0. The lowest BCUT2D eigenvalue weighted by Crippen LogP contribution is -1.98. The van der Waals surface area contributed by atoms with E-state index in [0.717, 1.165) is 24.3 Å². The molecule has 1 heteroatoms. The van der Waals surface area contributed by atoms with Crippen molar-refractivity contribution < 1.29 is 4.79 Å². The highest BCUT2D eigenvalue weighted by Gasteiger charge is 2.04. The first-order valence-corrected chi connectivity index (χ1v) is 6.25. The van der Waals surface area contributed by atoms with Gasteiger partial charge in [-0.1, -0.05) is 45.0 Å². The second kappa shape index (κ2) is 6.47. The van der Waals surface area contributed by atoms with Crippen LogP contribution in [0.2, 0.25) is 0 Å². The van der Waals surface area contributed by atoms with Gasteiger partial charge in [-0.2, -0.15) is 0 Å². The number of ketones is 1. The Morgan fingerprint density at radius 2 is 1.81 bits per heavy atom. The minimum Gasteiger partial charge on any atom is -0.294 e. The van der Waals surface area contributed by atoms with Crippen molar-refractivity contribution >= 4 is 5.78 Å². The van der Waals surface area contributed by atoms with Crippen LogP contribution in [0.3, 0.4) is 0 Å². The molecule has 16 heavy (non-hydrogen) atoms. The molecule has 0 radical (unpaired) electrons. The van der Waals surface area contributed by atoms with E-state index in [0.29, 0.717) is 6.42 Å². The van der Waals surface area contributed by atoms with Gasteiger partial charge in [0.15, 0.2) is 5.78 Å². The average Bonchev–Trinajstić information content (AvgIpc) is 2.27. The first-order valence-electron chi connectivity index (χ1n) is 6.25. The molecule has 0 fully saturated rings. The number of hydrogen-bond donors (Lipinski definition) is 0. The minimum atomic E-state index is 0.262. The molecule has 1 aromatic rings.